The Balaban J connectivity index is 1.44. The number of benzene rings is 1. The second-order valence-electron chi connectivity index (χ2n) is 10.9. The number of aromatic nitrogens is 4. The van der Waals surface area contributed by atoms with Crippen molar-refractivity contribution in [1.82, 2.24) is 20.2 Å². The molecule has 0 amide bonds. The first-order chi connectivity index (χ1) is 17.0. The van der Waals surface area contributed by atoms with Gasteiger partial charge in [-0.2, -0.15) is 15.3 Å². The Morgan fingerprint density at radius 3 is 2.50 bits per heavy atom. The van der Waals surface area contributed by atoms with Crippen LogP contribution in [-0.2, 0) is 5.41 Å². The molecule has 2 bridgehead atoms. The zero-order valence-electron chi connectivity index (χ0n) is 20.5. The topological polar surface area (TPSA) is 96.5 Å². The van der Waals surface area contributed by atoms with Crippen LogP contribution < -0.4 is 0 Å². The zero-order valence-corrected chi connectivity index (χ0v) is 20.5. The quantitative estimate of drug-likeness (QED) is 0.573. The van der Waals surface area contributed by atoms with Crippen molar-refractivity contribution < 1.29 is 13.9 Å². The molecule has 1 aliphatic heterocycles. The first-order valence-electron chi connectivity index (χ1n) is 12.1. The Morgan fingerprint density at radius 2 is 1.81 bits per heavy atom. The number of nitrogens with zero attached hydrogens (tertiary/aromatic N) is 6. The highest BCUT2D eigenvalue weighted by Gasteiger charge is 2.65. The largest absolute Gasteiger partial charge is 0.384 e. The molecule has 3 aromatic rings. The number of halogens is 2. The Hall–Kier alpha value is -3.46. The Morgan fingerprint density at radius 1 is 1.06 bits per heavy atom. The van der Waals surface area contributed by atoms with E-state index in [1.807, 2.05) is 6.07 Å². The summed E-state index contributed by atoms with van der Waals surface area (Å²) >= 11 is 0. The van der Waals surface area contributed by atoms with Crippen LogP contribution in [0.5, 0.6) is 0 Å². The van der Waals surface area contributed by atoms with Crippen molar-refractivity contribution >= 4 is 11.4 Å². The molecular weight excluding hydrogens is 462 g/mol. The summed E-state index contributed by atoms with van der Waals surface area (Å²) in [6.45, 7) is 7.74. The first-order valence-corrected chi connectivity index (χ1v) is 12.1. The molecule has 7 nitrogen and oxygen atoms in total. The zero-order chi connectivity index (χ0) is 25.5. The maximum Gasteiger partial charge on any atom is 0.176 e. The van der Waals surface area contributed by atoms with Crippen LogP contribution in [0, 0.1) is 17.0 Å². The SMILES string of the molecule is CC(C)(O)C1=NN=C(c2nccc([C@@]34CC[C@@H](c5cc(-c6c(F)cccc6F)nnc53)C4(C)C)n2)C1. The molecule has 0 unspecified atom stereocenters. The van der Waals surface area contributed by atoms with Gasteiger partial charge in [0.1, 0.15) is 17.3 Å². The molecule has 1 fully saturated rings. The van der Waals surface area contributed by atoms with Gasteiger partial charge in [-0.05, 0) is 67.9 Å². The Labute approximate surface area is 207 Å². The maximum absolute atomic E-state index is 14.5. The average molecular weight is 489 g/mol. The third-order valence-corrected chi connectivity index (χ3v) is 8.28. The van der Waals surface area contributed by atoms with Crippen molar-refractivity contribution in [3.05, 3.63) is 70.9 Å². The minimum atomic E-state index is -1.07. The van der Waals surface area contributed by atoms with Crippen LogP contribution in [0.4, 0.5) is 8.78 Å². The van der Waals surface area contributed by atoms with E-state index < -0.39 is 22.7 Å². The molecule has 1 N–H and O–H groups in total. The van der Waals surface area contributed by atoms with Crippen LogP contribution in [0.15, 0.2) is 46.7 Å². The standard InChI is InChI=1S/C27H26F2N6O/c1-25(2)15-8-10-27(25,20-9-11-30-24(31-20)19-13-21(34-33-19)26(3,4)36)23-14(15)12-18(32-35-23)22-16(28)6-5-7-17(22)29/h5-7,9,11-12,15,36H,8,10,13H2,1-4H3/t15-,27-/m0/s1. The number of hydrogen-bond donors (Lipinski definition) is 1. The fourth-order valence-electron chi connectivity index (χ4n) is 6.30. The number of rotatable bonds is 4. The van der Waals surface area contributed by atoms with Gasteiger partial charge >= 0.3 is 0 Å². The van der Waals surface area contributed by atoms with E-state index in [0.717, 1.165) is 29.8 Å². The minimum absolute atomic E-state index is 0.143. The monoisotopic (exact) mass is 488 g/mol. The van der Waals surface area contributed by atoms with Crippen molar-refractivity contribution in [2.75, 3.05) is 0 Å². The summed E-state index contributed by atoms with van der Waals surface area (Å²) in [5.74, 6) is -0.710. The molecule has 1 saturated carbocycles. The summed E-state index contributed by atoms with van der Waals surface area (Å²) in [6.07, 6.45) is 3.82. The van der Waals surface area contributed by atoms with Gasteiger partial charge in [0.2, 0.25) is 0 Å². The van der Waals surface area contributed by atoms with E-state index in [2.05, 4.69) is 39.2 Å². The molecule has 0 radical (unpaired) electrons. The van der Waals surface area contributed by atoms with Gasteiger partial charge in [-0.1, -0.05) is 19.9 Å². The van der Waals surface area contributed by atoms with Crippen molar-refractivity contribution in [3.8, 4) is 11.3 Å². The molecule has 36 heavy (non-hydrogen) atoms. The highest BCUT2D eigenvalue weighted by atomic mass is 19.1. The third-order valence-electron chi connectivity index (χ3n) is 8.28. The summed E-state index contributed by atoms with van der Waals surface area (Å²) in [5, 5.41) is 27.6. The summed E-state index contributed by atoms with van der Waals surface area (Å²) in [5.41, 5.74) is 1.94. The number of hydrogen-bond acceptors (Lipinski definition) is 7. The molecular formula is C27H26F2N6O. The van der Waals surface area contributed by atoms with Gasteiger partial charge in [-0.3, -0.25) is 0 Å². The Bertz CT molecular complexity index is 1460. The van der Waals surface area contributed by atoms with Crippen LogP contribution in [0.2, 0.25) is 0 Å². The van der Waals surface area contributed by atoms with Gasteiger partial charge in [0.25, 0.3) is 0 Å². The molecule has 0 spiro atoms. The van der Waals surface area contributed by atoms with Crippen LogP contribution >= 0.6 is 0 Å². The highest BCUT2D eigenvalue weighted by Crippen LogP contribution is 2.69. The van der Waals surface area contributed by atoms with Crippen molar-refractivity contribution in [2.45, 2.75) is 63.9 Å². The van der Waals surface area contributed by atoms with Gasteiger partial charge < -0.3 is 5.11 Å². The van der Waals surface area contributed by atoms with Crippen molar-refractivity contribution in [1.29, 1.82) is 0 Å². The molecule has 184 valence electrons. The normalized spacial score (nSPS) is 24.0. The highest BCUT2D eigenvalue weighted by molar-refractivity contribution is 6.15. The van der Waals surface area contributed by atoms with Crippen LogP contribution in [0.1, 0.15) is 75.7 Å². The van der Waals surface area contributed by atoms with Gasteiger partial charge in [0, 0.05) is 12.6 Å². The maximum atomic E-state index is 14.5. The number of aliphatic hydroxyl groups is 1. The molecule has 2 atom stereocenters. The summed E-state index contributed by atoms with van der Waals surface area (Å²) in [4.78, 5) is 9.39. The van der Waals surface area contributed by atoms with Gasteiger partial charge in [0.05, 0.1) is 39.4 Å². The van der Waals surface area contributed by atoms with E-state index in [4.69, 9.17) is 4.98 Å². The van der Waals surface area contributed by atoms with Crippen LogP contribution in [-0.4, -0.2) is 42.3 Å². The first kappa shape index (κ1) is 23.0. The lowest BCUT2D eigenvalue weighted by atomic mass is 9.66. The predicted molar refractivity (Wildman–Crippen MR) is 131 cm³/mol. The molecule has 0 saturated heterocycles. The molecule has 9 heteroatoms. The Kier molecular flexibility index (Phi) is 4.80. The van der Waals surface area contributed by atoms with Crippen molar-refractivity contribution in [2.24, 2.45) is 15.6 Å². The molecule has 2 aromatic heterocycles. The third kappa shape index (κ3) is 3.05. The summed E-state index contributed by atoms with van der Waals surface area (Å²) in [7, 11) is 0. The lowest BCUT2D eigenvalue weighted by Crippen LogP contribution is -2.38. The smallest absolute Gasteiger partial charge is 0.176 e. The fourth-order valence-corrected chi connectivity index (χ4v) is 6.30. The summed E-state index contributed by atoms with van der Waals surface area (Å²) in [6, 6.07) is 7.50. The fraction of sp³-hybridized carbons (Fsp3) is 0.407. The van der Waals surface area contributed by atoms with Gasteiger partial charge in [0.15, 0.2) is 5.82 Å². The van der Waals surface area contributed by atoms with E-state index >= 15 is 0 Å². The lowest BCUT2D eigenvalue weighted by Gasteiger charge is -2.37. The van der Waals surface area contributed by atoms with E-state index in [1.54, 1.807) is 26.1 Å². The molecule has 1 aromatic carbocycles. The van der Waals surface area contributed by atoms with Crippen LogP contribution in [0.3, 0.4) is 0 Å². The van der Waals surface area contributed by atoms with Crippen LogP contribution in [0.25, 0.3) is 11.3 Å². The van der Waals surface area contributed by atoms with E-state index in [-0.39, 0.29) is 22.6 Å². The van der Waals surface area contributed by atoms with Gasteiger partial charge in [-0.15, -0.1) is 5.10 Å². The predicted octanol–water partition coefficient (Wildman–Crippen LogP) is 4.73. The van der Waals surface area contributed by atoms with Crippen molar-refractivity contribution in [3.63, 3.8) is 0 Å². The molecule has 6 rings (SSSR count). The lowest BCUT2D eigenvalue weighted by molar-refractivity contribution is 0.152. The van der Waals surface area contributed by atoms with E-state index in [0.29, 0.717) is 23.7 Å². The average Bonchev–Trinajstić information content (AvgIpc) is 3.48. The van der Waals surface area contributed by atoms with E-state index in [1.165, 1.54) is 18.2 Å². The van der Waals surface area contributed by atoms with Gasteiger partial charge in [-0.25, -0.2) is 18.7 Å². The molecule has 3 aliphatic rings. The second kappa shape index (κ2) is 7.52. The number of fused-ring (bicyclic) bond motifs is 5. The minimum Gasteiger partial charge on any atom is -0.384 e. The second-order valence-corrected chi connectivity index (χ2v) is 10.9. The molecule has 3 heterocycles. The van der Waals surface area contributed by atoms with E-state index in [9.17, 15) is 13.9 Å². The molecule has 2 aliphatic carbocycles. The summed E-state index contributed by atoms with van der Waals surface area (Å²) < 4.78 is 29.0.